The summed E-state index contributed by atoms with van der Waals surface area (Å²) >= 11 is 0. The summed E-state index contributed by atoms with van der Waals surface area (Å²) in [5, 5.41) is 4.35. The first-order chi connectivity index (χ1) is 16.4. The topological polar surface area (TPSA) is 107 Å². The molecule has 2 heterocycles. The van der Waals surface area contributed by atoms with Crippen LogP contribution in [0.5, 0.6) is 0 Å². The van der Waals surface area contributed by atoms with Gasteiger partial charge in [0.1, 0.15) is 5.82 Å². The van der Waals surface area contributed by atoms with Crippen molar-refractivity contribution in [2.45, 2.75) is 12.8 Å². The van der Waals surface area contributed by atoms with E-state index >= 15 is 0 Å². The van der Waals surface area contributed by atoms with Gasteiger partial charge in [-0.1, -0.05) is 12.1 Å². The van der Waals surface area contributed by atoms with E-state index in [4.69, 9.17) is 5.73 Å². The third kappa shape index (κ3) is 4.05. The Morgan fingerprint density at radius 1 is 1.06 bits per heavy atom. The Morgan fingerprint density at radius 2 is 1.82 bits per heavy atom. The van der Waals surface area contributed by atoms with Crippen molar-refractivity contribution in [3.63, 3.8) is 0 Å². The van der Waals surface area contributed by atoms with Crippen LogP contribution in [0.3, 0.4) is 0 Å². The van der Waals surface area contributed by atoms with E-state index in [0.29, 0.717) is 17.1 Å². The van der Waals surface area contributed by atoms with Gasteiger partial charge in [0.25, 0.3) is 5.91 Å². The number of nitrogens with two attached hydrogens (primary N) is 1. The molecule has 8 heteroatoms. The lowest BCUT2D eigenvalue weighted by Gasteiger charge is -2.23. The molecule has 1 aliphatic rings. The van der Waals surface area contributed by atoms with Crippen molar-refractivity contribution in [2.75, 3.05) is 29.2 Å². The monoisotopic (exact) mass is 454 g/mol. The van der Waals surface area contributed by atoms with Gasteiger partial charge in [0.2, 0.25) is 5.91 Å². The van der Waals surface area contributed by atoms with Crippen molar-refractivity contribution in [1.82, 2.24) is 9.97 Å². The zero-order chi connectivity index (χ0) is 23.8. The highest BCUT2D eigenvalue weighted by Crippen LogP contribution is 2.34. The first kappa shape index (κ1) is 21.5. The minimum Gasteiger partial charge on any atom is -0.365 e. The molecular weight excluding hydrogens is 428 g/mol. The Balaban J connectivity index is 1.42. The molecule has 0 aliphatic heterocycles. The highest BCUT2D eigenvalue weighted by Gasteiger charge is 2.32. The third-order valence-electron chi connectivity index (χ3n) is 6.22. The van der Waals surface area contributed by atoms with Gasteiger partial charge in [-0.15, -0.1) is 0 Å². The van der Waals surface area contributed by atoms with E-state index in [1.165, 1.54) is 6.20 Å². The summed E-state index contributed by atoms with van der Waals surface area (Å²) in [5.74, 6) is 0.352. The fourth-order valence-corrected chi connectivity index (χ4v) is 4.11. The molecule has 0 atom stereocenters. The predicted molar refractivity (Wildman–Crippen MR) is 135 cm³/mol. The average molecular weight is 455 g/mol. The van der Waals surface area contributed by atoms with E-state index in [1.54, 1.807) is 18.0 Å². The normalized spacial score (nSPS) is 13.0. The molecule has 0 radical (unpaired) electrons. The predicted octanol–water partition coefficient (Wildman–Crippen LogP) is 4.55. The lowest BCUT2D eigenvalue weighted by molar-refractivity contribution is -0.119. The lowest BCUT2D eigenvalue weighted by atomic mass is 10.1. The first-order valence-corrected chi connectivity index (χ1v) is 11.2. The Labute approximate surface area is 197 Å². The Kier molecular flexibility index (Phi) is 5.41. The Bertz CT molecular complexity index is 1370. The molecule has 172 valence electrons. The molecule has 4 N–H and O–H groups in total. The number of primary amides is 1. The van der Waals surface area contributed by atoms with E-state index in [1.807, 2.05) is 66.7 Å². The van der Waals surface area contributed by atoms with Crippen molar-refractivity contribution in [3.05, 3.63) is 72.6 Å². The molecule has 0 bridgehead atoms. The zero-order valence-corrected chi connectivity index (χ0v) is 19.1. The number of H-pyrrole nitrogens is 1. The highest BCUT2D eigenvalue weighted by molar-refractivity contribution is 6.02. The number of pyridine rings is 1. The maximum atomic E-state index is 12.3. The number of carbonyl (C=O) groups is 2. The fourth-order valence-electron chi connectivity index (χ4n) is 4.11. The van der Waals surface area contributed by atoms with E-state index in [9.17, 15) is 9.59 Å². The molecule has 34 heavy (non-hydrogen) atoms. The molecule has 2 amide bonds. The van der Waals surface area contributed by atoms with Gasteiger partial charge in [0.05, 0.1) is 22.5 Å². The maximum absolute atomic E-state index is 12.3. The minimum absolute atomic E-state index is 0.161. The summed E-state index contributed by atoms with van der Waals surface area (Å²) in [6.45, 7) is 0. The summed E-state index contributed by atoms with van der Waals surface area (Å²) in [4.78, 5) is 35.7. The number of carbonyl (C=O) groups excluding carboxylic acids is 2. The fraction of sp³-hybridized carbons (Fsp3) is 0.192. The molecule has 5 rings (SSSR count). The second kappa shape index (κ2) is 8.55. The van der Waals surface area contributed by atoms with Crippen LogP contribution in [0.2, 0.25) is 0 Å². The first-order valence-electron chi connectivity index (χ1n) is 11.2. The molecule has 1 saturated carbocycles. The van der Waals surface area contributed by atoms with Crippen LogP contribution in [0, 0.1) is 5.92 Å². The van der Waals surface area contributed by atoms with Crippen LogP contribution in [-0.4, -0.2) is 35.9 Å². The molecule has 8 nitrogen and oxygen atoms in total. The summed E-state index contributed by atoms with van der Waals surface area (Å²) in [7, 11) is 3.70. The number of hydrogen-bond donors (Lipinski definition) is 3. The highest BCUT2D eigenvalue weighted by atomic mass is 16.2. The van der Waals surface area contributed by atoms with E-state index < -0.39 is 5.91 Å². The number of anilines is 5. The molecule has 0 spiro atoms. The van der Waals surface area contributed by atoms with Gasteiger partial charge in [0.15, 0.2) is 0 Å². The summed E-state index contributed by atoms with van der Waals surface area (Å²) in [6, 6.07) is 17.4. The molecule has 2 aromatic heterocycles. The van der Waals surface area contributed by atoms with Crippen LogP contribution in [0.4, 0.5) is 28.6 Å². The van der Waals surface area contributed by atoms with Crippen LogP contribution >= 0.6 is 0 Å². The molecular formula is C26H26N6O2. The van der Waals surface area contributed by atoms with E-state index in [-0.39, 0.29) is 11.8 Å². The molecule has 2 aromatic carbocycles. The summed E-state index contributed by atoms with van der Waals surface area (Å²) in [6.07, 6.45) is 5.33. The average Bonchev–Trinajstić information content (AvgIpc) is 3.59. The number of benzene rings is 2. The van der Waals surface area contributed by atoms with E-state index in [0.717, 1.165) is 40.8 Å². The van der Waals surface area contributed by atoms with Crippen molar-refractivity contribution in [1.29, 1.82) is 0 Å². The summed E-state index contributed by atoms with van der Waals surface area (Å²) in [5.41, 5.74) is 10.2. The van der Waals surface area contributed by atoms with Gasteiger partial charge in [-0.2, -0.15) is 0 Å². The van der Waals surface area contributed by atoms with Crippen LogP contribution in [0.1, 0.15) is 23.2 Å². The van der Waals surface area contributed by atoms with Gasteiger partial charge in [0, 0.05) is 55.2 Å². The molecule has 1 fully saturated rings. The van der Waals surface area contributed by atoms with Crippen molar-refractivity contribution in [3.8, 4) is 0 Å². The number of para-hydroxylation sites is 1. The minimum atomic E-state index is -0.549. The van der Waals surface area contributed by atoms with Gasteiger partial charge in [-0.3, -0.25) is 9.59 Å². The largest absolute Gasteiger partial charge is 0.365 e. The lowest BCUT2D eigenvalue weighted by Crippen LogP contribution is -2.27. The number of nitrogens with zero attached hydrogens (tertiary/aromatic N) is 3. The second-order valence-corrected chi connectivity index (χ2v) is 8.57. The number of nitrogens with one attached hydrogen (secondary N) is 2. The Hall–Kier alpha value is -4.33. The number of rotatable bonds is 7. The zero-order valence-electron chi connectivity index (χ0n) is 19.1. The quantitative estimate of drug-likeness (QED) is 0.380. The number of aromatic nitrogens is 2. The van der Waals surface area contributed by atoms with Crippen molar-refractivity contribution < 1.29 is 9.59 Å². The van der Waals surface area contributed by atoms with Crippen LogP contribution in [0.25, 0.3) is 10.9 Å². The number of aromatic amines is 1. The number of fused-ring (bicyclic) bond motifs is 1. The van der Waals surface area contributed by atoms with Crippen LogP contribution in [0.15, 0.2) is 67.0 Å². The van der Waals surface area contributed by atoms with Gasteiger partial charge >= 0.3 is 0 Å². The SMILES string of the molecule is CN(C(=O)C1CC1)c1ccc(Nc2cc(N(C)c3cccc4cc[nH]c34)c(C(N)=O)cn2)cc1. The maximum Gasteiger partial charge on any atom is 0.252 e. The molecule has 4 aromatic rings. The van der Waals surface area contributed by atoms with Crippen molar-refractivity contribution in [2.24, 2.45) is 11.7 Å². The van der Waals surface area contributed by atoms with Gasteiger partial charge in [-0.25, -0.2) is 4.98 Å². The summed E-state index contributed by atoms with van der Waals surface area (Å²) < 4.78 is 0. The molecule has 1 aliphatic carbocycles. The smallest absolute Gasteiger partial charge is 0.252 e. The molecule has 0 saturated heterocycles. The second-order valence-electron chi connectivity index (χ2n) is 8.57. The van der Waals surface area contributed by atoms with E-state index in [2.05, 4.69) is 15.3 Å². The molecule has 0 unspecified atom stereocenters. The third-order valence-corrected chi connectivity index (χ3v) is 6.22. The number of amides is 2. The van der Waals surface area contributed by atoms with Gasteiger partial charge < -0.3 is 25.8 Å². The Morgan fingerprint density at radius 3 is 2.53 bits per heavy atom. The van der Waals surface area contributed by atoms with Crippen LogP contribution in [-0.2, 0) is 4.79 Å². The standard InChI is InChI=1S/C26H26N6O2/c1-31(26(34)17-6-7-17)19-10-8-18(9-11-19)30-23-14-22(20(15-29-23)25(27)33)32(2)21-5-3-4-16-12-13-28-24(16)21/h3-5,8-15,17,28H,6-7H2,1-2H3,(H2,27,33)(H,29,30). The van der Waals surface area contributed by atoms with Gasteiger partial charge in [-0.05, 0) is 49.2 Å². The number of hydrogen-bond acceptors (Lipinski definition) is 5. The van der Waals surface area contributed by atoms with Crippen LogP contribution < -0.4 is 20.9 Å². The van der Waals surface area contributed by atoms with Crippen molar-refractivity contribution >= 4 is 51.3 Å².